The molecule has 0 heterocycles. The van der Waals surface area contributed by atoms with Crippen LogP contribution in [0.1, 0.15) is 5.56 Å². The summed E-state index contributed by atoms with van der Waals surface area (Å²) in [7, 11) is -3.75. The lowest BCUT2D eigenvalue weighted by Crippen LogP contribution is -2.50. The minimum absolute atomic E-state index is 0.191. The summed E-state index contributed by atoms with van der Waals surface area (Å²) in [6, 6.07) is 6.06. The van der Waals surface area contributed by atoms with Gasteiger partial charge in [0, 0.05) is 15.4 Å². The second-order valence-electron chi connectivity index (χ2n) is 6.38. The van der Waals surface area contributed by atoms with Crippen LogP contribution in [-0.4, -0.2) is 25.7 Å². The molecule has 0 fully saturated rings. The van der Waals surface area contributed by atoms with Crippen LogP contribution in [0.25, 0.3) is 0 Å². The Hall–Kier alpha value is -0.490. The molecular formula is C19H19I2NO3S. The van der Waals surface area contributed by atoms with Gasteiger partial charge in [-0.05, 0) is 67.8 Å². The van der Waals surface area contributed by atoms with Gasteiger partial charge < -0.3 is 5.11 Å². The van der Waals surface area contributed by atoms with Crippen LogP contribution in [0.3, 0.4) is 0 Å². The molecule has 0 amide bonds. The minimum Gasteiger partial charge on any atom is -0.390 e. The third-order valence-electron chi connectivity index (χ3n) is 4.53. The van der Waals surface area contributed by atoms with Crippen LogP contribution in [0.2, 0.25) is 0 Å². The van der Waals surface area contributed by atoms with Crippen molar-refractivity contribution in [3.05, 3.63) is 73.4 Å². The Morgan fingerprint density at radius 2 is 1.54 bits per heavy atom. The molecule has 2 N–H and O–H groups in total. The van der Waals surface area contributed by atoms with Crippen molar-refractivity contribution < 1.29 is 13.5 Å². The highest BCUT2D eigenvalue weighted by molar-refractivity contribution is 14.1. The fourth-order valence-electron chi connectivity index (χ4n) is 3.05. The van der Waals surface area contributed by atoms with Gasteiger partial charge in [0.05, 0.1) is 17.0 Å². The Morgan fingerprint density at radius 3 is 2.04 bits per heavy atom. The molecule has 1 aromatic rings. The lowest BCUT2D eigenvalue weighted by Gasteiger charge is -2.32. The SMILES string of the molecule is Cc1ccc(S(=O)(=O)N[C@@H](C2C=CC=C2I)[C@H](O)C2C=CC=C2I)cc1. The van der Waals surface area contributed by atoms with Gasteiger partial charge in [-0.25, -0.2) is 13.1 Å². The van der Waals surface area contributed by atoms with Crippen LogP contribution < -0.4 is 4.72 Å². The molecule has 3 rings (SSSR count). The predicted molar refractivity (Wildman–Crippen MR) is 121 cm³/mol. The topological polar surface area (TPSA) is 66.4 Å². The highest BCUT2D eigenvalue weighted by Gasteiger charge is 2.38. The number of aliphatic hydroxyl groups is 1. The summed E-state index contributed by atoms with van der Waals surface area (Å²) in [5, 5.41) is 11.0. The van der Waals surface area contributed by atoms with E-state index in [-0.39, 0.29) is 16.7 Å². The fraction of sp³-hybridized carbons (Fsp3) is 0.263. The molecule has 2 unspecified atom stereocenters. The number of hydrogen-bond acceptors (Lipinski definition) is 3. The third kappa shape index (κ3) is 4.32. The average molecular weight is 595 g/mol. The lowest BCUT2D eigenvalue weighted by molar-refractivity contribution is 0.103. The van der Waals surface area contributed by atoms with Gasteiger partial charge in [-0.3, -0.25) is 0 Å². The van der Waals surface area contributed by atoms with Crippen molar-refractivity contribution in [1.29, 1.82) is 0 Å². The summed E-state index contributed by atoms with van der Waals surface area (Å²) in [6.45, 7) is 1.91. The van der Waals surface area contributed by atoms with Gasteiger partial charge in [0.2, 0.25) is 10.0 Å². The van der Waals surface area contributed by atoms with Crippen molar-refractivity contribution in [2.24, 2.45) is 11.8 Å². The zero-order valence-corrected chi connectivity index (χ0v) is 19.1. The van der Waals surface area contributed by atoms with E-state index in [1.54, 1.807) is 24.3 Å². The van der Waals surface area contributed by atoms with E-state index in [0.717, 1.165) is 12.7 Å². The average Bonchev–Trinajstić information content (AvgIpc) is 3.21. The molecule has 0 bridgehead atoms. The molecule has 0 aliphatic heterocycles. The molecule has 1 aromatic carbocycles. The van der Waals surface area contributed by atoms with E-state index in [1.165, 1.54) is 0 Å². The first-order valence-electron chi connectivity index (χ1n) is 8.14. The minimum atomic E-state index is -3.75. The Balaban J connectivity index is 1.92. The summed E-state index contributed by atoms with van der Waals surface area (Å²) in [5.41, 5.74) is 0.993. The monoisotopic (exact) mass is 595 g/mol. The van der Waals surface area contributed by atoms with Crippen molar-refractivity contribution >= 4 is 55.2 Å². The number of rotatable bonds is 6. The highest BCUT2D eigenvalue weighted by atomic mass is 127. The fourth-order valence-corrected chi connectivity index (χ4v) is 5.91. The summed E-state index contributed by atoms with van der Waals surface area (Å²) in [5.74, 6) is -0.399. The summed E-state index contributed by atoms with van der Waals surface area (Å²) >= 11 is 4.39. The standard InChI is InChI=1S/C19H19I2NO3S/c1-12-8-10-13(11-9-12)26(24,25)22-18(14-4-2-6-16(14)20)19(23)15-5-3-7-17(15)21/h2-11,14-15,18-19,22-23H,1H3/t14?,15?,18-,19+/m0/s1. The van der Waals surface area contributed by atoms with Gasteiger partial charge in [-0.1, -0.05) is 54.2 Å². The van der Waals surface area contributed by atoms with E-state index in [2.05, 4.69) is 49.9 Å². The maximum atomic E-state index is 12.9. The Morgan fingerprint density at radius 1 is 1.00 bits per heavy atom. The Kier molecular flexibility index (Phi) is 6.43. The molecule has 2 aliphatic carbocycles. The van der Waals surface area contributed by atoms with E-state index in [0.29, 0.717) is 0 Å². The normalized spacial score (nSPS) is 24.5. The van der Waals surface area contributed by atoms with E-state index < -0.39 is 22.2 Å². The number of halogens is 2. The summed E-state index contributed by atoms with van der Waals surface area (Å²) < 4.78 is 30.6. The van der Waals surface area contributed by atoms with Crippen LogP contribution in [0, 0.1) is 18.8 Å². The van der Waals surface area contributed by atoms with E-state index in [4.69, 9.17) is 0 Å². The van der Waals surface area contributed by atoms with Gasteiger partial charge in [0.25, 0.3) is 0 Å². The number of benzene rings is 1. The largest absolute Gasteiger partial charge is 0.390 e. The second-order valence-corrected chi connectivity index (χ2v) is 10.6. The number of sulfonamides is 1. The molecule has 4 atom stereocenters. The van der Waals surface area contributed by atoms with Gasteiger partial charge in [-0.15, -0.1) is 0 Å². The van der Waals surface area contributed by atoms with Crippen LogP contribution in [0.5, 0.6) is 0 Å². The summed E-state index contributed by atoms with van der Waals surface area (Å²) in [6.07, 6.45) is 10.6. The molecule has 0 aromatic heterocycles. The number of nitrogens with one attached hydrogen (secondary N) is 1. The van der Waals surface area contributed by atoms with Gasteiger partial charge in [0.15, 0.2) is 0 Å². The molecule has 0 spiro atoms. The predicted octanol–water partition coefficient (Wildman–Crippen LogP) is 4.01. The number of hydrogen-bond donors (Lipinski definition) is 2. The molecule has 26 heavy (non-hydrogen) atoms. The van der Waals surface area contributed by atoms with E-state index in [9.17, 15) is 13.5 Å². The maximum Gasteiger partial charge on any atom is 0.240 e. The van der Waals surface area contributed by atoms with Crippen LogP contribution >= 0.6 is 45.2 Å². The number of allylic oxidation sites excluding steroid dienone is 4. The zero-order valence-electron chi connectivity index (χ0n) is 14.0. The van der Waals surface area contributed by atoms with Crippen molar-refractivity contribution in [2.75, 3.05) is 0 Å². The summed E-state index contributed by atoms with van der Waals surface area (Å²) in [4.78, 5) is 0.202. The Bertz CT molecular complexity index is 901. The molecule has 2 aliphatic rings. The molecule has 0 radical (unpaired) electrons. The quantitative estimate of drug-likeness (QED) is 0.489. The number of aryl methyl sites for hydroxylation is 1. The van der Waals surface area contributed by atoms with Gasteiger partial charge in [-0.2, -0.15) is 0 Å². The van der Waals surface area contributed by atoms with Gasteiger partial charge in [0.1, 0.15) is 0 Å². The van der Waals surface area contributed by atoms with Crippen LogP contribution in [0.15, 0.2) is 72.8 Å². The van der Waals surface area contributed by atoms with Gasteiger partial charge >= 0.3 is 0 Å². The molecule has 0 saturated heterocycles. The maximum absolute atomic E-state index is 12.9. The van der Waals surface area contributed by atoms with Crippen molar-refractivity contribution in [2.45, 2.75) is 24.0 Å². The smallest absolute Gasteiger partial charge is 0.240 e. The van der Waals surface area contributed by atoms with Crippen molar-refractivity contribution in [3.63, 3.8) is 0 Å². The van der Waals surface area contributed by atoms with Crippen molar-refractivity contribution in [3.8, 4) is 0 Å². The second kappa shape index (κ2) is 8.26. The molecule has 7 heteroatoms. The van der Waals surface area contributed by atoms with Crippen LogP contribution in [0.4, 0.5) is 0 Å². The van der Waals surface area contributed by atoms with E-state index >= 15 is 0 Å². The highest BCUT2D eigenvalue weighted by Crippen LogP contribution is 2.36. The van der Waals surface area contributed by atoms with Crippen LogP contribution in [-0.2, 0) is 10.0 Å². The zero-order chi connectivity index (χ0) is 18.9. The Labute approximate surface area is 181 Å². The number of aliphatic hydroxyl groups excluding tert-OH is 1. The third-order valence-corrected chi connectivity index (χ3v) is 8.16. The lowest BCUT2D eigenvalue weighted by atomic mass is 9.89. The first-order valence-corrected chi connectivity index (χ1v) is 11.8. The molecule has 138 valence electrons. The molecule has 0 saturated carbocycles. The first kappa shape index (κ1) is 20.2. The molecule has 4 nitrogen and oxygen atoms in total. The van der Waals surface area contributed by atoms with Crippen molar-refractivity contribution in [1.82, 2.24) is 4.72 Å². The first-order chi connectivity index (χ1) is 12.3. The molecular weight excluding hydrogens is 576 g/mol. The van der Waals surface area contributed by atoms with E-state index in [1.807, 2.05) is 43.4 Å².